The molecule has 34 heavy (non-hydrogen) atoms. The molecule has 2 heterocycles. The van der Waals surface area contributed by atoms with Gasteiger partial charge >= 0.3 is 0 Å². The Bertz CT molecular complexity index is 1330. The van der Waals surface area contributed by atoms with Crippen LogP contribution in [0.3, 0.4) is 0 Å². The number of rotatable bonds is 5. The Labute approximate surface area is 202 Å². The zero-order valence-corrected chi connectivity index (χ0v) is 20.7. The molecule has 0 N–H and O–H groups in total. The van der Waals surface area contributed by atoms with Gasteiger partial charge in [-0.05, 0) is 68.1 Å². The number of likely N-dealkylation sites (tertiary alicyclic amines) is 1. The summed E-state index contributed by atoms with van der Waals surface area (Å²) in [7, 11) is 1.97. The average Bonchev–Trinajstić information content (AvgIpc) is 3.18. The van der Waals surface area contributed by atoms with Gasteiger partial charge in [0, 0.05) is 44.3 Å². The number of aromatic nitrogens is 2. The number of imidazole rings is 1. The molecule has 5 heteroatoms. The van der Waals surface area contributed by atoms with Crippen LogP contribution in [0, 0.1) is 6.92 Å². The maximum absolute atomic E-state index is 13.6. The van der Waals surface area contributed by atoms with Crippen LogP contribution in [0.25, 0.3) is 21.8 Å². The largest absolute Gasteiger partial charge is 0.339 e. The highest BCUT2D eigenvalue weighted by Gasteiger charge is 2.27. The summed E-state index contributed by atoms with van der Waals surface area (Å²) in [4.78, 5) is 22.8. The van der Waals surface area contributed by atoms with E-state index in [1.165, 1.54) is 5.56 Å². The molecule has 0 unspecified atom stereocenters. The molecule has 1 aliphatic rings. The van der Waals surface area contributed by atoms with E-state index >= 15 is 0 Å². The highest BCUT2D eigenvalue weighted by Crippen LogP contribution is 2.28. The van der Waals surface area contributed by atoms with Crippen LogP contribution in [0.5, 0.6) is 0 Å². The second kappa shape index (κ2) is 9.22. The molecule has 1 aromatic heterocycles. The van der Waals surface area contributed by atoms with Crippen LogP contribution in [0.15, 0.2) is 60.7 Å². The van der Waals surface area contributed by atoms with Crippen molar-refractivity contribution in [2.75, 3.05) is 20.1 Å². The van der Waals surface area contributed by atoms with E-state index < -0.39 is 0 Å². The molecule has 4 aromatic rings. The van der Waals surface area contributed by atoms with Crippen molar-refractivity contribution in [1.82, 2.24) is 19.4 Å². The molecule has 5 rings (SSSR count). The fourth-order valence-corrected chi connectivity index (χ4v) is 5.40. The number of benzene rings is 3. The molecule has 5 nitrogen and oxygen atoms in total. The van der Waals surface area contributed by atoms with Crippen molar-refractivity contribution < 1.29 is 4.79 Å². The predicted octanol–water partition coefficient (Wildman–Crippen LogP) is 5.49. The molecular formula is C29H34N4O. The number of para-hydroxylation sites is 2. The smallest absolute Gasteiger partial charge is 0.254 e. The summed E-state index contributed by atoms with van der Waals surface area (Å²) in [6, 6.07) is 21.6. The lowest BCUT2D eigenvalue weighted by Gasteiger charge is -2.38. The zero-order chi connectivity index (χ0) is 23.8. The standard InChI is InChI=1S/C29H34N4O/c1-20(2)32-17-15-23(16-18-32)31(4)29(34)26-14-13-22(24-9-5-6-10-25(24)26)19-33-21(3)30-27-11-7-8-12-28(27)33/h5-14,20,23H,15-19H2,1-4H3. The molecule has 1 aliphatic heterocycles. The van der Waals surface area contributed by atoms with Crippen LogP contribution in [-0.2, 0) is 6.54 Å². The van der Waals surface area contributed by atoms with E-state index in [4.69, 9.17) is 4.98 Å². The van der Waals surface area contributed by atoms with Crippen LogP contribution in [-0.4, -0.2) is 57.5 Å². The van der Waals surface area contributed by atoms with Crippen molar-refractivity contribution in [3.63, 3.8) is 0 Å². The Hall–Kier alpha value is -3.18. The minimum atomic E-state index is 0.120. The number of amides is 1. The third-order valence-corrected chi connectivity index (χ3v) is 7.52. The van der Waals surface area contributed by atoms with Gasteiger partial charge in [-0.15, -0.1) is 0 Å². The third kappa shape index (κ3) is 4.09. The molecule has 1 saturated heterocycles. The Morgan fingerprint density at radius 3 is 2.41 bits per heavy atom. The number of hydrogen-bond acceptors (Lipinski definition) is 3. The molecular weight excluding hydrogens is 420 g/mol. The van der Waals surface area contributed by atoms with Crippen molar-refractivity contribution in [3.05, 3.63) is 77.6 Å². The second-order valence-corrected chi connectivity index (χ2v) is 9.83. The molecule has 0 atom stereocenters. The quantitative estimate of drug-likeness (QED) is 0.400. The van der Waals surface area contributed by atoms with Crippen molar-refractivity contribution in [3.8, 4) is 0 Å². The van der Waals surface area contributed by atoms with Gasteiger partial charge in [-0.1, -0.05) is 42.5 Å². The molecule has 0 aliphatic carbocycles. The van der Waals surface area contributed by atoms with Crippen LogP contribution >= 0.6 is 0 Å². The first-order chi connectivity index (χ1) is 16.4. The fourth-order valence-electron chi connectivity index (χ4n) is 5.40. The first-order valence-corrected chi connectivity index (χ1v) is 12.4. The highest BCUT2D eigenvalue weighted by molar-refractivity contribution is 6.08. The van der Waals surface area contributed by atoms with E-state index in [-0.39, 0.29) is 5.91 Å². The SMILES string of the molecule is Cc1nc2ccccc2n1Cc1ccc(C(=O)N(C)C2CCN(C(C)C)CC2)c2ccccc12. The van der Waals surface area contributed by atoms with Gasteiger partial charge in [0.2, 0.25) is 0 Å². The third-order valence-electron chi connectivity index (χ3n) is 7.52. The van der Waals surface area contributed by atoms with Gasteiger partial charge in [0.05, 0.1) is 11.0 Å². The van der Waals surface area contributed by atoms with Gasteiger partial charge in [0.1, 0.15) is 5.82 Å². The second-order valence-electron chi connectivity index (χ2n) is 9.83. The van der Waals surface area contributed by atoms with Gasteiger partial charge in [-0.25, -0.2) is 4.98 Å². The monoisotopic (exact) mass is 454 g/mol. The number of carbonyl (C=O) groups excluding carboxylic acids is 1. The Morgan fingerprint density at radius 1 is 1.00 bits per heavy atom. The zero-order valence-electron chi connectivity index (χ0n) is 20.7. The van der Waals surface area contributed by atoms with Crippen molar-refractivity contribution in [1.29, 1.82) is 0 Å². The summed E-state index contributed by atoms with van der Waals surface area (Å²) in [6.45, 7) is 9.38. The summed E-state index contributed by atoms with van der Waals surface area (Å²) >= 11 is 0. The van der Waals surface area contributed by atoms with E-state index in [1.54, 1.807) is 0 Å². The lowest BCUT2D eigenvalue weighted by molar-refractivity contribution is 0.0617. The minimum Gasteiger partial charge on any atom is -0.339 e. The van der Waals surface area contributed by atoms with E-state index in [2.05, 4.69) is 72.7 Å². The Balaban J connectivity index is 1.45. The maximum Gasteiger partial charge on any atom is 0.254 e. The number of fused-ring (bicyclic) bond motifs is 2. The van der Waals surface area contributed by atoms with Crippen LogP contribution in [0.2, 0.25) is 0 Å². The van der Waals surface area contributed by atoms with Gasteiger partial charge in [0.25, 0.3) is 5.91 Å². The molecule has 3 aromatic carbocycles. The van der Waals surface area contributed by atoms with E-state index in [0.717, 1.165) is 65.7 Å². The number of hydrogen-bond donors (Lipinski definition) is 0. The summed E-state index contributed by atoms with van der Waals surface area (Å²) < 4.78 is 2.26. The Morgan fingerprint density at radius 2 is 1.68 bits per heavy atom. The maximum atomic E-state index is 13.6. The summed E-state index contributed by atoms with van der Waals surface area (Å²) in [5.41, 5.74) is 4.14. The van der Waals surface area contributed by atoms with Gasteiger partial charge < -0.3 is 14.4 Å². The van der Waals surface area contributed by atoms with E-state index in [1.807, 2.05) is 30.1 Å². The number of carbonyl (C=O) groups is 1. The topological polar surface area (TPSA) is 41.4 Å². The van der Waals surface area contributed by atoms with E-state index in [9.17, 15) is 4.79 Å². The predicted molar refractivity (Wildman–Crippen MR) is 139 cm³/mol. The van der Waals surface area contributed by atoms with Crippen LogP contribution in [0.4, 0.5) is 0 Å². The van der Waals surface area contributed by atoms with Crippen LogP contribution in [0.1, 0.15) is 48.4 Å². The molecule has 1 amide bonds. The Kier molecular flexibility index (Phi) is 6.13. The number of nitrogens with zero attached hydrogens (tertiary/aromatic N) is 4. The molecule has 0 radical (unpaired) electrons. The number of piperidine rings is 1. The molecule has 0 spiro atoms. The molecule has 0 bridgehead atoms. The van der Waals surface area contributed by atoms with Gasteiger partial charge in [-0.2, -0.15) is 0 Å². The summed E-state index contributed by atoms with van der Waals surface area (Å²) in [6.07, 6.45) is 2.06. The fraction of sp³-hybridized carbons (Fsp3) is 0.379. The molecule has 0 saturated carbocycles. The summed E-state index contributed by atoms with van der Waals surface area (Å²) in [5.74, 6) is 1.12. The van der Waals surface area contributed by atoms with Crippen LogP contribution < -0.4 is 0 Å². The lowest BCUT2D eigenvalue weighted by Crippen LogP contribution is -2.47. The summed E-state index contributed by atoms with van der Waals surface area (Å²) in [5, 5.41) is 2.16. The van der Waals surface area contributed by atoms with Gasteiger partial charge in [0.15, 0.2) is 0 Å². The number of aryl methyl sites for hydroxylation is 1. The van der Waals surface area contributed by atoms with Gasteiger partial charge in [-0.3, -0.25) is 4.79 Å². The van der Waals surface area contributed by atoms with E-state index in [0.29, 0.717) is 12.1 Å². The molecule has 176 valence electrons. The lowest BCUT2D eigenvalue weighted by atomic mass is 9.97. The first kappa shape index (κ1) is 22.6. The average molecular weight is 455 g/mol. The van der Waals surface area contributed by atoms with Crippen molar-refractivity contribution >= 4 is 27.7 Å². The van der Waals surface area contributed by atoms with Crippen molar-refractivity contribution in [2.45, 2.75) is 52.2 Å². The highest BCUT2D eigenvalue weighted by atomic mass is 16.2. The minimum absolute atomic E-state index is 0.120. The molecule has 1 fully saturated rings. The normalized spacial score (nSPS) is 15.4. The first-order valence-electron chi connectivity index (χ1n) is 12.4. The van der Waals surface area contributed by atoms with Crippen molar-refractivity contribution in [2.24, 2.45) is 0 Å².